The van der Waals surface area contributed by atoms with E-state index in [1.807, 2.05) is 54.9 Å². The van der Waals surface area contributed by atoms with Crippen LogP contribution in [0.3, 0.4) is 0 Å². The maximum absolute atomic E-state index is 14.1. The maximum atomic E-state index is 14.1. The van der Waals surface area contributed by atoms with Crippen LogP contribution in [0.15, 0.2) is 41.3 Å². The zero-order valence-electron chi connectivity index (χ0n) is 23.7. The summed E-state index contributed by atoms with van der Waals surface area (Å²) in [5.41, 5.74) is 5.71. The van der Waals surface area contributed by atoms with E-state index >= 15 is 0 Å². The molecule has 3 atom stereocenters. The molecular formula is C30H30BrIN7O3-. The third-order valence-electron chi connectivity index (χ3n) is 8.35. The zero-order valence-corrected chi connectivity index (χ0v) is 27.4. The molecule has 1 N–H and O–H groups in total. The zero-order chi connectivity index (χ0) is 29.3. The average molecular weight is 743 g/mol. The second-order valence-corrected chi connectivity index (χ2v) is 16.6. The molecule has 2 amide bonds. The predicted octanol–water partition coefficient (Wildman–Crippen LogP) is 1.12. The van der Waals surface area contributed by atoms with Crippen LogP contribution in [0.4, 0.5) is 5.82 Å². The molecule has 0 aliphatic carbocycles. The Morgan fingerprint density at radius 1 is 1.12 bits per heavy atom. The van der Waals surface area contributed by atoms with Crippen molar-refractivity contribution in [3.63, 3.8) is 0 Å². The van der Waals surface area contributed by atoms with Crippen LogP contribution < -0.4 is 26.5 Å². The van der Waals surface area contributed by atoms with Gasteiger partial charge in [0.25, 0.3) is 0 Å². The first-order valence-electron chi connectivity index (χ1n) is 13.9. The van der Waals surface area contributed by atoms with Gasteiger partial charge in [0.1, 0.15) is 5.82 Å². The SMILES string of the molecule is Cc1ncc(-c2cc(C)c3c(c2)c(C2COC2)nn3CC(=O)N2[C@H](C(=O)Nc3nc(Br)ccc3C)C[C@@]3(C)[I-][C@@H]23)cn1. The van der Waals surface area contributed by atoms with Crippen LogP contribution in [-0.4, -0.2) is 68.2 Å². The van der Waals surface area contributed by atoms with Crippen molar-refractivity contribution in [3.8, 4) is 11.1 Å². The number of amides is 2. The van der Waals surface area contributed by atoms with Crippen molar-refractivity contribution < 1.29 is 35.5 Å². The number of anilines is 1. The number of rotatable bonds is 6. The molecule has 0 spiro atoms. The van der Waals surface area contributed by atoms with Crippen LogP contribution in [0.2, 0.25) is 0 Å². The molecule has 3 aromatic heterocycles. The number of carbonyl (C=O) groups is 2. The first-order chi connectivity index (χ1) is 20.1. The summed E-state index contributed by atoms with van der Waals surface area (Å²) in [5.74, 6) is 1.15. The molecule has 10 nitrogen and oxygen atoms in total. The molecule has 0 bridgehead atoms. The average Bonchev–Trinajstić information content (AvgIpc) is 3.29. The Morgan fingerprint density at radius 2 is 1.88 bits per heavy atom. The number of aromatic nitrogens is 5. The van der Waals surface area contributed by atoms with E-state index in [-0.39, 0.29) is 53.0 Å². The summed E-state index contributed by atoms with van der Waals surface area (Å²) in [5, 5.41) is 9.00. The summed E-state index contributed by atoms with van der Waals surface area (Å²) in [6, 6.07) is 7.44. The molecular weight excluding hydrogens is 713 g/mol. The predicted molar refractivity (Wildman–Crippen MR) is 157 cm³/mol. The van der Waals surface area contributed by atoms with E-state index in [2.05, 4.69) is 55.3 Å². The summed E-state index contributed by atoms with van der Waals surface area (Å²) in [4.78, 5) is 42.7. The van der Waals surface area contributed by atoms with E-state index in [1.165, 1.54) is 0 Å². The van der Waals surface area contributed by atoms with Crippen molar-refractivity contribution in [2.75, 3.05) is 18.5 Å². The summed E-state index contributed by atoms with van der Waals surface area (Å²) in [7, 11) is 0. The van der Waals surface area contributed by atoms with Crippen molar-refractivity contribution in [2.45, 2.75) is 60.1 Å². The molecule has 3 saturated heterocycles. The normalized spacial score (nSPS) is 23.3. The third kappa shape index (κ3) is 4.80. The van der Waals surface area contributed by atoms with Gasteiger partial charge in [0.15, 0.2) is 0 Å². The van der Waals surface area contributed by atoms with Crippen LogP contribution in [0.1, 0.15) is 41.9 Å². The van der Waals surface area contributed by atoms with Gasteiger partial charge in [0, 0.05) is 0 Å². The van der Waals surface area contributed by atoms with E-state index in [9.17, 15) is 9.59 Å². The van der Waals surface area contributed by atoms with Gasteiger partial charge >= 0.3 is 251 Å². The molecule has 0 radical (unpaired) electrons. The molecule has 3 aliphatic rings. The van der Waals surface area contributed by atoms with Crippen LogP contribution in [0.5, 0.6) is 0 Å². The van der Waals surface area contributed by atoms with Crippen LogP contribution in [0, 0.1) is 20.8 Å². The van der Waals surface area contributed by atoms with Gasteiger partial charge in [-0.15, -0.1) is 0 Å². The molecule has 3 aliphatic heterocycles. The molecule has 0 unspecified atom stereocenters. The van der Waals surface area contributed by atoms with Crippen molar-refractivity contribution in [1.29, 1.82) is 0 Å². The standard InChI is InChI=1S/C30H30BrIN7O3/c1-15-5-6-23(31)35-27(15)36-28(41)22-9-30(4)29(32-30)39(22)24(40)12-38-26-16(2)7-18(19-10-33-17(3)34-11-19)8-21(26)25(37-38)20-13-42-14-20/h5-8,10-11,20,22,29H,9,12-14H2,1-4H3,(H,35,36,41)/q-1/t22-,29-,30+/m0/s1. The number of benzene rings is 1. The quantitative estimate of drug-likeness (QED) is 0.136. The fourth-order valence-electron chi connectivity index (χ4n) is 5.95. The summed E-state index contributed by atoms with van der Waals surface area (Å²) >= 11 is 3.20. The van der Waals surface area contributed by atoms with E-state index in [1.54, 1.807) is 0 Å². The van der Waals surface area contributed by atoms with Gasteiger partial charge in [-0.1, -0.05) is 0 Å². The number of carbonyl (C=O) groups excluding carboxylic acids is 2. The minimum absolute atomic E-state index is 0.0673. The van der Waals surface area contributed by atoms with Gasteiger partial charge < -0.3 is 0 Å². The summed E-state index contributed by atoms with van der Waals surface area (Å²) < 4.78 is 8.22. The minimum atomic E-state index is -0.531. The van der Waals surface area contributed by atoms with Gasteiger partial charge in [-0.3, -0.25) is 0 Å². The van der Waals surface area contributed by atoms with Crippen LogP contribution in [0.25, 0.3) is 22.0 Å². The number of hydrogen-bond donors (Lipinski definition) is 1. The molecule has 218 valence electrons. The van der Waals surface area contributed by atoms with Gasteiger partial charge in [0.2, 0.25) is 0 Å². The number of nitrogens with one attached hydrogen (secondary N) is 1. The van der Waals surface area contributed by atoms with Crippen LogP contribution in [-0.2, 0) is 20.9 Å². The number of aryl methyl sites for hydroxylation is 3. The second-order valence-electron chi connectivity index (χ2n) is 11.5. The van der Waals surface area contributed by atoms with E-state index in [4.69, 9.17) is 9.84 Å². The first-order valence-corrected chi connectivity index (χ1v) is 17.0. The Hall–Kier alpha value is -2.97. The summed E-state index contributed by atoms with van der Waals surface area (Å²) in [6.07, 6.45) is 4.35. The van der Waals surface area contributed by atoms with E-state index in [0.717, 1.165) is 44.7 Å². The van der Waals surface area contributed by atoms with Crippen molar-refractivity contribution in [1.82, 2.24) is 29.6 Å². The topological polar surface area (TPSA) is 115 Å². The Kier molecular flexibility index (Phi) is 6.85. The molecule has 3 fully saturated rings. The third-order valence-corrected chi connectivity index (χ3v) is 13.1. The van der Waals surface area contributed by atoms with Crippen LogP contribution >= 0.6 is 15.9 Å². The van der Waals surface area contributed by atoms with Crippen molar-refractivity contribution in [2.24, 2.45) is 0 Å². The van der Waals surface area contributed by atoms with Gasteiger partial charge in [-0.05, 0) is 6.92 Å². The van der Waals surface area contributed by atoms with Gasteiger partial charge in [0.05, 0.1) is 0 Å². The van der Waals surface area contributed by atoms with Crippen molar-refractivity contribution >= 4 is 44.5 Å². The Balaban J connectivity index is 1.21. The van der Waals surface area contributed by atoms with Gasteiger partial charge in [-0.25, -0.2) is 0 Å². The number of nitrogens with zero attached hydrogens (tertiary/aromatic N) is 6. The number of ether oxygens (including phenoxy) is 1. The molecule has 0 saturated carbocycles. The fraction of sp³-hybridized carbons (Fsp3) is 0.400. The summed E-state index contributed by atoms with van der Waals surface area (Å²) in [6.45, 7) is 9.33. The molecule has 7 rings (SSSR count). The number of fused-ring (bicyclic) bond motifs is 2. The molecule has 42 heavy (non-hydrogen) atoms. The number of alkyl halides is 2. The Labute approximate surface area is 262 Å². The monoisotopic (exact) mass is 742 g/mol. The molecule has 4 aromatic rings. The number of pyridine rings is 1. The molecule has 1 aromatic carbocycles. The molecule has 6 heterocycles. The Morgan fingerprint density at radius 3 is 2.60 bits per heavy atom. The Bertz CT molecular complexity index is 1760. The second kappa shape index (κ2) is 10.3. The van der Waals surface area contributed by atoms with Crippen molar-refractivity contribution in [3.05, 3.63) is 63.9 Å². The van der Waals surface area contributed by atoms with E-state index in [0.29, 0.717) is 30.1 Å². The molecule has 12 heteroatoms. The van der Waals surface area contributed by atoms with E-state index < -0.39 is 6.04 Å². The number of hydrogen-bond acceptors (Lipinski definition) is 7. The number of halogens is 2. The fourth-order valence-corrected chi connectivity index (χ4v) is 9.66. The van der Waals surface area contributed by atoms with Gasteiger partial charge in [-0.2, -0.15) is 0 Å². The first kappa shape index (κ1) is 27.8. The number of likely N-dealkylation sites (tertiary alicyclic amines) is 1.